The summed E-state index contributed by atoms with van der Waals surface area (Å²) < 4.78 is 48.6. The second-order valence-corrected chi connectivity index (χ2v) is 7.87. The number of methoxy groups -OCH3 is 2. The summed E-state index contributed by atoms with van der Waals surface area (Å²) in [7, 11) is 3.14. The maximum atomic E-state index is 12.7. The fourth-order valence-corrected chi connectivity index (χ4v) is 3.84. The lowest BCUT2D eigenvalue weighted by atomic mass is 9.95. The number of hydrogen-bond donors (Lipinski definition) is 1. The number of nitrogens with zero attached hydrogens (tertiary/aromatic N) is 1. The Morgan fingerprint density at radius 2 is 1.64 bits per heavy atom. The first-order valence-corrected chi connectivity index (χ1v) is 10.7. The molecule has 178 valence electrons. The topological polar surface area (TPSA) is 67.9 Å². The van der Waals surface area contributed by atoms with Crippen LogP contribution >= 0.6 is 0 Å². The SMILES string of the molecule is COc1ccc(CCNC(=O)C2CCN(C(=O)c3ccc(C(F)(F)F)cc3)CC2)cc1OC. The van der Waals surface area contributed by atoms with E-state index in [0.717, 1.165) is 17.7 Å². The van der Waals surface area contributed by atoms with Crippen molar-refractivity contribution in [1.82, 2.24) is 10.2 Å². The molecule has 1 N–H and O–H groups in total. The predicted octanol–water partition coefficient (Wildman–Crippen LogP) is 3.93. The molecule has 0 atom stereocenters. The number of nitrogens with one attached hydrogen (secondary N) is 1. The Morgan fingerprint density at radius 3 is 2.21 bits per heavy atom. The number of ether oxygens (including phenoxy) is 2. The van der Waals surface area contributed by atoms with Gasteiger partial charge in [0.1, 0.15) is 0 Å². The van der Waals surface area contributed by atoms with E-state index >= 15 is 0 Å². The largest absolute Gasteiger partial charge is 0.493 e. The van der Waals surface area contributed by atoms with Gasteiger partial charge in [0.05, 0.1) is 19.8 Å². The molecule has 0 spiro atoms. The summed E-state index contributed by atoms with van der Waals surface area (Å²) in [5.74, 6) is 0.689. The van der Waals surface area contributed by atoms with Crippen LogP contribution in [0, 0.1) is 5.92 Å². The quantitative estimate of drug-likeness (QED) is 0.674. The maximum absolute atomic E-state index is 12.7. The highest BCUT2D eigenvalue weighted by Crippen LogP contribution is 2.30. The van der Waals surface area contributed by atoms with Gasteiger partial charge in [0, 0.05) is 31.1 Å². The number of rotatable bonds is 7. The van der Waals surface area contributed by atoms with E-state index in [2.05, 4.69) is 5.32 Å². The smallest absolute Gasteiger partial charge is 0.416 e. The molecule has 0 aromatic heterocycles. The Hall–Kier alpha value is -3.23. The van der Waals surface area contributed by atoms with Crippen LogP contribution in [0.4, 0.5) is 13.2 Å². The van der Waals surface area contributed by atoms with Crippen LogP contribution in [0.15, 0.2) is 42.5 Å². The van der Waals surface area contributed by atoms with Crippen LogP contribution in [-0.2, 0) is 17.4 Å². The van der Waals surface area contributed by atoms with Crippen molar-refractivity contribution in [3.05, 3.63) is 59.2 Å². The maximum Gasteiger partial charge on any atom is 0.416 e. The van der Waals surface area contributed by atoms with Crippen LogP contribution in [0.25, 0.3) is 0 Å². The molecule has 1 heterocycles. The van der Waals surface area contributed by atoms with Crippen LogP contribution in [-0.4, -0.2) is 50.6 Å². The average Bonchev–Trinajstić information content (AvgIpc) is 2.83. The van der Waals surface area contributed by atoms with E-state index in [-0.39, 0.29) is 23.3 Å². The third-order valence-electron chi connectivity index (χ3n) is 5.77. The lowest BCUT2D eigenvalue weighted by molar-refractivity contribution is -0.137. The number of carbonyl (C=O) groups excluding carboxylic acids is 2. The van der Waals surface area contributed by atoms with Gasteiger partial charge in [0.2, 0.25) is 5.91 Å². The number of amides is 2. The van der Waals surface area contributed by atoms with Gasteiger partial charge in [-0.2, -0.15) is 13.2 Å². The molecular weight excluding hydrogens is 437 g/mol. The minimum atomic E-state index is -4.44. The highest BCUT2D eigenvalue weighted by Gasteiger charge is 2.31. The summed E-state index contributed by atoms with van der Waals surface area (Å²) in [5.41, 5.74) is 0.424. The zero-order chi connectivity index (χ0) is 24.0. The average molecular weight is 464 g/mol. The summed E-state index contributed by atoms with van der Waals surface area (Å²) >= 11 is 0. The van der Waals surface area contributed by atoms with Gasteiger partial charge >= 0.3 is 6.18 Å². The van der Waals surface area contributed by atoms with Gasteiger partial charge in [0.15, 0.2) is 11.5 Å². The zero-order valence-electron chi connectivity index (χ0n) is 18.6. The molecule has 9 heteroatoms. The van der Waals surface area contributed by atoms with Crippen molar-refractivity contribution in [2.45, 2.75) is 25.4 Å². The van der Waals surface area contributed by atoms with Crippen LogP contribution in [0.3, 0.4) is 0 Å². The number of likely N-dealkylation sites (tertiary alicyclic amines) is 1. The minimum absolute atomic E-state index is 0.0582. The van der Waals surface area contributed by atoms with E-state index in [4.69, 9.17) is 9.47 Å². The van der Waals surface area contributed by atoms with E-state index in [0.29, 0.717) is 50.4 Å². The number of carbonyl (C=O) groups is 2. The van der Waals surface area contributed by atoms with E-state index in [1.807, 2.05) is 18.2 Å². The van der Waals surface area contributed by atoms with E-state index in [1.54, 1.807) is 19.1 Å². The third kappa shape index (κ3) is 6.18. The third-order valence-corrected chi connectivity index (χ3v) is 5.77. The van der Waals surface area contributed by atoms with E-state index < -0.39 is 11.7 Å². The van der Waals surface area contributed by atoms with Gasteiger partial charge in [0.25, 0.3) is 5.91 Å². The first-order valence-electron chi connectivity index (χ1n) is 10.7. The summed E-state index contributed by atoms with van der Waals surface area (Å²) in [6.45, 7) is 1.24. The number of halogens is 3. The second kappa shape index (κ2) is 10.6. The molecule has 0 unspecified atom stereocenters. The highest BCUT2D eigenvalue weighted by molar-refractivity contribution is 5.94. The minimum Gasteiger partial charge on any atom is -0.493 e. The Morgan fingerprint density at radius 1 is 1.00 bits per heavy atom. The Balaban J connectivity index is 1.45. The zero-order valence-corrected chi connectivity index (χ0v) is 18.6. The monoisotopic (exact) mass is 464 g/mol. The van der Waals surface area contributed by atoms with Gasteiger partial charge in [-0.15, -0.1) is 0 Å². The number of hydrogen-bond acceptors (Lipinski definition) is 4. The van der Waals surface area contributed by atoms with E-state index in [1.165, 1.54) is 12.1 Å². The van der Waals surface area contributed by atoms with Crippen LogP contribution in [0.1, 0.15) is 34.3 Å². The van der Waals surface area contributed by atoms with Crippen molar-refractivity contribution < 1.29 is 32.2 Å². The first kappa shape index (κ1) is 24.4. The summed E-state index contributed by atoms with van der Waals surface area (Å²) in [4.78, 5) is 26.7. The van der Waals surface area contributed by atoms with Gasteiger partial charge < -0.3 is 19.7 Å². The molecule has 0 radical (unpaired) electrons. The van der Waals surface area contributed by atoms with Gasteiger partial charge in [-0.25, -0.2) is 0 Å². The lowest BCUT2D eigenvalue weighted by Crippen LogP contribution is -2.43. The molecule has 2 aromatic rings. The number of alkyl halides is 3. The molecule has 33 heavy (non-hydrogen) atoms. The first-order chi connectivity index (χ1) is 15.7. The molecule has 6 nitrogen and oxygen atoms in total. The summed E-state index contributed by atoms with van der Waals surface area (Å²) in [5, 5.41) is 2.94. The molecule has 3 rings (SSSR count). The highest BCUT2D eigenvalue weighted by atomic mass is 19.4. The van der Waals surface area contributed by atoms with Crippen molar-refractivity contribution in [3.8, 4) is 11.5 Å². The second-order valence-electron chi connectivity index (χ2n) is 7.87. The summed E-state index contributed by atoms with van der Waals surface area (Å²) in [6.07, 6.45) is -2.78. The molecule has 0 saturated carbocycles. The van der Waals surface area contributed by atoms with Gasteiger partial charge in [-0.05, 0) is 61.2 Å². The fourth-order valence-electron chi connectivity index (χ4n) is 3.84. The van der Waals surface area contributed by atoms with E-state index in [9.17, 15) is 22.8 Å². The normalized spacial score (nSPS) is 14.6. The molecular formula is C24H27F3N2O4. The van der Waals surface area contributed by atoms with Crippen molar-refractivity contribution in [3.63, 3.8) is 0 Å². The van der Waals surface area contributed by atoms with Crippen LogP contribution in [0.2, 0.25) is 0 Å². The van der Waals surface area contributed by atoms with Crippen molar-refractivity contribution in [1.29, 1.82) is 0 Å². The predicted molar refractivity (Wildman–Crippen MR) is 116 cm³/mol. The van der Waals surface area contributed by atoms with Gasteiger partial charge in [-0.3, -0.25) is 9.59 Å². The van der Waals surface area contributed by atoms with Crippen LogP contribution in [0.5, 0.6) is 11.5 Å². The molecule has 0 aliphatic carbocycles. The molecule has 1 saturated heterocycles. The number of benzene rings is 2. The van der Waals surface area contributed by atoms with Crippen LogP contribution < -0.4 is 14.8 Å². The molecule has 0 bridgehead atoms. The van der Waals surface area contributed by atoms with Gasteiger partial charge in [-0.1, -0.05) is 6.07 Å². The molecule has 1 fully saturated rings. The summed E-state index contributed by atoms with van der Waals surface area (Å²) in [6, 6.07) is 9.81. The standard InChI is InChI=1S/C24H27F3N2O4/c1-32-20-8-3-16(15-21(20)33-2)9-12-28-22(30)17-10-13-29(14-11-17)23(31)18-4-6-19(7-5-18)24(25,26)27/h3-8,15,17H,9-14H2,1-2H3,(H,28,30). The lowest BCUT2D eigenvalue weighted by Gasteiger charge is -2.31. The molecule has 1 aliphatic heterocycles. The van der Waals surface area contributed by atoms with Crippen molar-refractivity contribution in [2.24, 2.45) is 5.92 Å². The Labute approximate surface area is 190 Å². The van der Waals surface area contributed by atoms with Crippen molar-refractivity contribution >= 4 is 11.8 Å². The number of piperidine rings is 1. The Bertz CT molecular complexity index is 969. The molecule has 2 amide bonds. The Kier molecular flexibility index (Phi) is 7.84. The van der Waals surface area contributed by atoms with Crippen molar-refractivity contribution in [2.75, 3.05) is 33.9 Å². The fraction of sp³-hybridized carbons (Fsp3) is 0.417. The molecule has 2 aromatic carbocycles. The molecule has 1 aliphatic rings.